The summed E-state index contributed by atoms with van der Waals surface area (Å²) in [5.41, 5.74) is 4.07. The number of carbonyl (C=O) groups excluding carboxylic acids is 1. The third kappa shape index (κ3) is 3.66. The standard InChI is InChI=1S/C15H20N4OS2/c1-12(13-2-7-21-9-13)18-3-5-19(6-4-18)15(20)16-8-14-10-22-11-17-14/h2,7,9-12H,3-6,8H2,1H3,(H,16,20). The van der Waals surface area contributed by atoms with Crippen molar-refractivity contribution in [3.05, 3.63) is 39.0 Å². The molecule has 0 radical (unpaired) electrons. The van der Waals surface area contributed by atoms with Crippen molar-refractivity contribution in [3.63, 3.8) is 0 Å². The van der Waals surface area contributed by atoms with Crippen LogP contribution in [0.3, 0.4) is 0 Å². The largest absolute Gasteiger partial charge is 0.332 e. The third-order valence-corrected chi connectivity index (χ3v) is 5.42. The number of urea groups is 1. The molecular weight excluding hydrogens is 316 g/mol. The van der Waals surface area contributed by atoms with Gasteiger partial charge in [0.2, 0.25) is 0 Å². The predicted molar refractivity (Wildman–Crippen MR) is 90.2 cm³/mol. The van der Waals surface area contributed by atoms with Crippen LogP contribution in [0.1, 0.15) is 24.2 Å². The maximum Gasteiger partial charge on any atom is 0.317 e. The Morgan fingerprint density at radius 3 is 2.77 bits per heavy atom. The van der Waals surface area contributed by atoms with E-state index >= 15 is 0 Å². The summed E-state index contributed by atoms with van der Waals surface area (Å²) in [7, 11) is 0. The first-order valence-electron chi connectivity index (χ1n) is 7.40. The number of thiophene rings is 1. The summed E-state index contributed by atoms with van der Waals surface area (Å²) in [5, 5.41) is 9.22. The van der Waals surface area contributed by atoms with Crippen molar-refractivity contribution in [1.82, 2.24) is 20.1 Å². The molecule has 118 valence electrons. The molecule has 3 rings (SSSR count). The Hall–Kier alpha value is -1.44. The van der Waals surface area contributed by atoms with Crippen molar-refractivity contribution in [3.8, 4) is 0 Å². The zero-order chi connectivity index (χ0) is 15.4. The van der Waals surface area contributed by atoms with Crippen LogP contribution in [-0.4, -0.2) is 47.0 Å². The Morgan fingerprint density at radius 2 is 2.14 bits per heavy atom. The highest BCUT2D eigenvalue weighted by molar-refractivity contribution is 7.08. The molecule has 0 bridgehead atoms. The van der Waals surface area contributed by atoms with Crippen LogP contribution >= 0.6 is 22.7 Å². The normalized spacial score (nSPS) is 17.4. The minimum Gasteiger partial charge on any atom is -0.332 e. The molecule has 1 unspecified atom stereocenters. The van der Waals surface area contributed by atoms with E-state index in [1.165, 1.54) is 5.56 Å². The van der Waals surface area contributed by atoms with Crippen LogP contribution in [-0.2, 0) is 6.54 Å². The molecule has 2 aromatic heterocycles. The van der Waals surface area contributed by atoms with E-state index in [0.717, 1.165) is 31.9 Å². The van der Waals surface area contributed by atoms with Gasteiger partial charge in [0.15, 0.2) is 0 Å². The molecule has 0 aromatic carbocycles. The number of hydrogen-bond donors (Lipinski definition) is 1. The van der Waals surface area contributed by atoms with E-state index in [-0.39, 0.29) is 6.03 Å². The fourth-order valence-corrected chi connectivity index (χ4v) is 3.94. The molecule has 3 heterocycles. The quantitative estimate of drug-likeness (QED) is 0.934. The predicted octanol–water partition coefficient (Wildman–Crippen LogP) is 2.79. The fraction of sp³-hybridized carbons (Fsp3) is 0.467. The molecule has 5 nitrogen and oxygen atoms in total. The topological polar surface area (TPSA) is 48.5 Å². The van der Waals surface area contributed by atoms with Crippen molar-refractivity contribution in [2.45, 2.75) is 19.5 Å². The summed E-state index contributed by atoms with van der Waals surface area (Å²) in [4.78, 5) is 20.7. The van der Waals surface area contributed by atoms with Gasteiger partial charge in [-0.1, -0.05) is 0 Å². The summed E-state index contributed by atoms with van der Waals surface area (Å²) in [5.74, 6) is 0. The molecule has 1 atom stereocenters. The van der Waals surface area contributed by atoms with Crippen molar-refractivity contribution in [2.24, 2.45) is 0 Å². The van der Waals surface area contributed by atoms with E-state index < -0.39 is 0 Å². The monoisotopic (exact) mass is 336 g/mol. The second kappa shape index (κ2) is 7.21. The molecule has 1 fully saturated rings. The van der Waals surface area contributed by atoms with E-state index in [1.54, 1.807) is 28.2 Å². The lowest BCUT2D eigenvalue weighted by Crippen LogP contribution is -2.52. The number of amides is 2. The van der Waals surface area contributed by atoms with Crippen LogP contribution in [0.25, 0.3) is 0 Å². The molecule has 1 aliphatic heterocycles. The number of piperazine rings is 1. The number of aromatic nitrogens is 1. The Labute approximate surface area is 138 Å². The third-order valence-electron chi connectivity index (χ3n) is 4.08. The number of thiazole rings is 1. The zero-order valence-corrected chi connectivity index (χ0v) is 14.2. The highest BCUT2D eigenvalue weighted by Gasteiger charge is 2.24. The van der Waals surface area contributed by atoms with Gasteiger partial charge < -0.3 is 10.2 Å². The average Bonchev–Trinajstić information content (AvgIpc) is 3.25. The lowest BCUT2D eigenvalue weighted by molar-refractivity contribution is 0.114. The molecule has 0 aliphatic carbocycles. The van der Waals surface area contributed by atoms with Gasteiger partial charge in [0.1, 0.15) is 0 Å². The molecule has 2 amide bonds. The Bertz CT molecular complexity index is 577. The van der Waals surface area contributed by atoms with Gasteiger partial charge in [-0.25, -0.2) is 9.78 Å². The highest BCUT2D eigenvalue weighted by Crippen LogP contribution is 2.23. The van der Waals surface area contributed by atoms with Gasteiger partial charge in [-0.3, -0.25) is 4.90 Å². The van der Waals surface area contributed by atoms with Gasteiger partial charge in [0.25, 0.3) is 0 Å². The highest BCUT2D eigenvalue weighted by atomic mass is 32.1. The van der Waals surface area contributed by atoms with Crippen LogP contribution in [0.2, 0.25) is 0 Å². The lowest BCUT2D eigenvalue weighted by Gasteiger charge is -2.37. The number of hydrogen-bond acceptors (Lipinski definition) is 5. The van der Waals surface area contributed by atoms with E-state index in [2.05, 4.69) is 39.0 Å². The molecule has 2 aromatic rings. The summed E-state index contributed by atoms with van der Waals surface area (Å²) in [6, 6.07) is 2.62. The maximum absolute atomic E-state index is 12.2. The first-order chi connectivity index (χ1) is 10.7. The van der Waals surface area contributed by atoms with Gasteiger partial charge in [-0.2, -0.15) is 11.3 Å². The lowest BCUT2D eigenvalue weighted by atomic mass is 10.1. The van der Waals surface area contributed by atoms with Gasteiger partial charge in [0, 0.05) is 37.6 Å². The van der Waals surface area contributed by atoms with Crippen LogP contribution in [0.4, 0.5) is 4.79 Å². The molecule has 0 saturated carbocycles. The van der Waals surface area contributed by atoms with Crippen molar-refractivity contribution in [1.29, 1.82) is 0 Å². The second-order valence-electron chi connectivity index (χ2n) is 5.39. The first-order valence-corrected chi connectivity index (χ1v) is 9.28. The molecule has 0 spiro atoms. The van der Waals surface area contributed by atoms with Gasteiger partial charge in [-0.05, 0) is 29.3 Å². The molecule has 7 heteroatoms. The second-order valence-corrected chi connectivity index (χ2v) is 6.89. The SMILES string of the molecule is CC(c1ccsc1)N1CCN(C(=O)NCc2cscn2)CC1. The van der Waals surface area contributed by atoms with E-state index in [0.29, 0.717) is 12.6 Å². The number of rotatable bonds is 4. The number of nitrogens with zero attached hydrogens (tertiary/aromatic N) is 3. The first kappa shape index (κ1) is 15.5. The van der Waals surface area contributed by atoms with E-state index in [4.69, 9.17) is 0 Å². The van der Waals surface area contributed by atoms with Gasteiger partial charge in [-0.15, -0.1) is 11.3 Å². The molecule has 1 saturated heterocycles. The summed E-state index contributed by atoms with van der Waals surface area (Å²) < 4.78 is 0. The van der Waals surface area contributed by atoms with Crippen molar-refractivity contribution < 1.29 is 4.79 Å². The van der Waals surface area contributed by atoms with Crippen LogP contribution < -0.4 is 5.32 Å². The Morgan fingerprint density at radius 1 is 1.32 bits per heavy atom. The smallest absolute Gasteiger partial charge is 0.317 e. The van der Waals surface area contributed by atoms with Gasteiger partial charge >= 0.3 is 6.03 Å². The Kier molecular flexibility index (Phi) is 5.07. The summed E-state index contributed by atoms with van der Waals surface area (Å²) in [6.07, 6.45) is 0. The number of nitrogens with one attached hydrogen (secondary N) is 1. The average molecular weight is 336 g/mol. The van der Waals surface area contributed by atoms with Crippen LogP contribution in [0.15, 0.2) is 27.7 Å². The molecule has 22 heavy (non-hydrogen) atoms. The van der Waals surface area contributed by atoms with Gasteiger partial charge in [0.05, 0.1) is 17.7 Å². The maximum atomic E-state index is 12.2. The molecule has 1 aliphatic rings. The minimum absolute atomic E-state index is 0.0100. The zero-order valence-electron chi connectivity index (χ0n) is 12.6. The number of carbonyl (C=O) groups is 1. The van der Waals surface area contributed by atoms with Crippen molar-refractivity contribution in [2.75, 3.05) is 26.2 Å². The van der Waals surface area contributed by atoms with E-state index in [1.807, 2.05) is 10.3 Å². The van der Waals surface area contributed by atoms with E-state index in [9.17, 15) is 4.79 Å². The summed E-state index contributed by atoms with van der Waals surface area (Å²) in [6.45, 7) is 6.13. The minimum atomic E-state index is 0.0100. The van der Waals surface area contributed by atoms with Crippen LogP contribution in [0, 0.1) is 0 Å². The fourth-order valence-electron chi connectivity index (χ4n) is 2.64. The molecular formula is C15H20N4OS2. The van der Waals surface area contributed by atoms with Crippen molar-refractivity contribution >= 4 is 28.7 Å². The summed E-state index contributed by atoms with van der Waals surface area (Å²) >= 11 is 3.28. The van der Waals surface area contributed by atoms with Crippen LogP contribution in [0.5, 0.6) is 0 Å². The Balaban J connectivity index is 1.46. The molecule has 1 N–H and O–H groups in total.